The van der Waals surface area contributed by atoms with Crippen LogP contribution in [-0.2, 0) is 19.2 Å². The molecule has 1 fully saturated rings. The lowest BCUT2D eigenvalue weighted by Crippen LogP contribution is -2.57. The van der Waals surface area contributed by atoms with Crippen LogP contribution in [0.1, 0.15) is 47.5 Å². The van der Waals surface area contributed by atoms with E-state index in [2.05, 4.69) is 29.5 Å². The molecule has 0 radical (unpaired) electrons. The fourth-order valence-corrected chi connectivity index (χ4v) is 3.66. The van der Waals surface area contributed by atoms with Crippen molar-refractivity contribution in [2.75, 3.05) is 27.2 Å². The van der Waals surface area contributed by atoms with Crippen molar-refractivity contribution in [2.24, 2.45) is 11.3 Å². The van der Waals surface area contributed by atoms with Crippen molar-refractivity contribution in [3.63, 3.8) is 0 Å². The molecule has 3 atom stereocenters. The predicted molar refractivity (Wildman–Crippen MR) is 104 cm³/mol. The number of nitrogens with zero attached hydrogens (tertiary/aromatic N) is 2. The zero-order valence-corrected chi connectivity index (χ0v) is 17.7. The Labute approximate surface area is 162 Å². The van der Waals surface area contributed by atoms with Gasteiger partial charge in [0.15, 0.2) is 0 Å². The van der Waals surface area contributed by atoms with E-state index < -0.39 is 11.5 Å². The molecule has 0 saturated carbocycles. The quantitative estimate of drug-likeness (QED) is 0.453. The maximum Gasteiger partial charge on any atom is 0.260 e. The summed E-state index contributed by atoms with van der Waals surface area (Å²) in [5.41, 5.74) is 2.02. The predicted octanol–water partition coefficient (Wildman–Crippen LogP) is 0.772. The molecule has 27 heavy (non-hydrogen) atoms. The van der Waals surface area contributed by atoms with Gasteiger partial charge in [0, 0.05) is 19.6 Å². The third-order valence-electron chi connectivity index (χ3n) is 5.25. The first-order chi connectivity index (χ1) is 12.5. The van der Waals surface area contributed by atoms with E-state index >= 15 is 0 Å². The summed E-state index contributed by atoms with van der Waals surface area (Å²) in [5, 5.41) is 2.67. The molecule has 0 aromatic carbocycles. The molecule has 1 heterocycles. The van der Waals surface area contributed by atoms with Crippen molar-refractivity contribution >= 4 is 18.2 Å². The van der Waals surface area contributed by atoms with Gasteiger partial charge < -0.3 is 10.2 Å². The highest BCUT2D eigenvalue weighted by Crippen LogP contribution is 2.25. The van der Waals surface area contributed by atoms with Gasteiger partial charge in [-0.05, 0) is 30.7 Å². The standard InChI is InChI=1S/C19H36N4O4/c1-13(2)15(11-23-10-8-9-14(23)17(25)21-27-7)22(6)18(26)16(20-12-24)19(3,4)5/h12-16H,8-11H2,1-7H3,(H,20,24)(H,21,25)/t14-,15?,16?/m0/s1. The molecular weight excluding hydrogens is 348 g/mol. The lowest BCUT2D eigenvalue weighted by atomic mass is 9.85. The van der Waals surface area contributed by atoms with Crippen LogP contribution >= 0.6 is 0 Å². The van der Waals surface area contributed by atoms with E-state index in [0.29, 0.717) is 13.0 Å². The summed E-state index contributed by atoms with van der Waals surface area (Å²) in [6.07, 6.45) is 2.29. The van der Waals surface area contributed by atoms with Crippen LogP contribution in [0.25, 0.3) is 0 Å². The minimum Gasteiger partial charge on any atom is -0.346 e. The van der Waals surface area contributed by atoms with Crippen molar-refractivity contribution in [3.05, 3.63) is 0 Å². The number of amides is 3. The fourth-order valence-electron chi connectivity index (χ4n) is 3.66. The molecule has 1 saturated heterocycles. The summed E-state index contributed by atoms with van der Waals surface area (Å²) in [6.45, 7) is 11.3. The van der Waals surface area contributed by atoms with Gasteiger partial charge in [0.25, 0.3) is 5.91 Å². The smallest absolute Gasteiger partial charge is 0.260 e. The van der Waals surface area contributed by atoms with Crippen LogP contribution in [0.5, 0.6) is 0 Å². The van der Waals surface area contributed by atoms with Gasteiger partial charge in [-0.15, -0.1) is 0 Å². The van der Waals surface area contributed by atoms with Gasteiger partial charge in [-0.1, -0.05) is 34.6 Å². The molecular formula is C19H36N4O4. The number of hydrogen-bond acceptors (Lipinski definition) is 5. The molecule has 0 aromatic heterocycles. The molecule has 1 aliphatic rings. The lowest BCUT2D eigenvalue weighted by Gasteiger charge is -2.39. The Bertz CT molecular complexity index is 518. The Kier molecular flexibility index (Phi) is 8.68. The van der Waals surface area contributed by atoms with Gasteiger partial charge in [0.1, 0.15) is 6.04 Å². The molecule has 0 aliphatic carbocycles. The van der Waals surface area contributed by atoms with Gasteiger partial charge in [-0.2, -0.15) is 0 Å². The summed E-state index contributed by atoms with van der Waals surface area (Å²) in [5.74, 6) is -0.0744. The average molecular weight is 385 g/mol. The molecule has 8 heteroatoms. The molecule has 2 unspecified atom stereocenters. The summed E-state index contributed by atoms with van der Waals surface area (Å²) >= 11 is 0. The Hall–Kier alpha value is -1.67. The lowest BCUT2D eigenvalue weighted by molar-refractivity contribution is -0.140. The summed E-state index contributed by atoms with van der Waals surface area (Å²) < 4.78 is 0. The fraction of sp³-hybridized carbons (Fsp3) is 0.842. The van der Waals surface area contributed by atoms with Crippen LogP contribution in [0.15, 0.2) is 0 Å². The van der Waals surface area contributed by atoms with Crippen molar-refractivity contribution in [3.8, 4) is 0 Å². The van der Waals surface area contributed by atoms with E-state index in [1.807, 2.05) is 20.8 Å². The topological polar surface area (TPSA) is 91.0 Å². The zero-order chi connectivity index (χ0) is 20.8. The molecule has 0 bridgehead atoms. The van der Waals surface area contributed by atoms with Crippen LogP contribution in [0.3, 0.4) is 0 Å². The number of carbonyl (C=O) groups is 3. The molecule has 0 spiro atoms. The van der Waals surface area contributed by atoms with E-state index in [4.69, 9.17) is 4.84 Å². The first kappa shape index (κ1) is 23.4. The van der Waals surface area contributed by atoms with Crippen LogP contribution in [0.4, 0.5) is 0 Å². The Morgan fingerprint density at radius 3 is 2.44 bits per heavy atom. The molecule has 1 aliphatic heterocycles. The van der Waals surface area contributed by atoms with Gasteiger partial charge in [-0.25, -0.2) is 5.48 Å². The Balaban J connectivity index is 2.95. The number of nitrogens with one attached hydrogen (secondary N) is 2. The normalized spacial score (nSPS) is 20.2. The van der Waals surface area contributed by atoms with Crippen molar-refractivity contribution in [2.45, 2.75) is 65.6 Å². The van der Waals surface area contributed by atoms with Crippen LogP contribution in [0, 0.1) is 11.3 Å². The second-order valence-corrected chi connectivity index (χ2v) is 8.67. The minimum absolute atomic E-state index is 0.0771. The van der Waals surface area contributed by atoms with Gasteiger partial charge in [0.05, 0.1) is 13.2 Å². The largest absolute Gasteiger partial charge is 0.346 e. The molecule has 0 aromatic rings. The molecule has 2 N–H and O–H groups in total. The monoisotopic (exact) mass is 384 g/mol. The zero-order valence-electron chi connectivity index (χ0n) is 17.7. The molecule has 3 amide bonds. The van der Waals surface area contributed by atoms with Crippen LogP contribution < -0.4 is 10.8 Å². The highest BCUT2D eigenvalue weighted by molar-refractivity contribution is 5.84. The first-order valence-corrected chi connectivity index (χ1v) is 9.57. The second-order valence-electron chi connectivity index (χ2n) is 8.67. The molecule has 1 rings (SSSR count). The number of rotatable bonds is 9. The third-order valence-corrected chi connectivity index (χ3v) is 5.25. The van der Waals surface area contributed by atoms with E-state index in [0.717, 1.165) is 19.4 Å². The number of likely N-dealkylation sites (tertiary alicyclic amines) is 1. The maximum atomic E-state index is 13.1. The van der Waals surface area contributed by atoms with E-state index in [-0.39, 0.29) is 29.8 Å². The van der Waals surface area contributed by atoms with Crippen LogP contribution in [0.2, 0.25) is 0 Å². The van der Waals surface area contributed by atoms with Crippen molar-refractivity contribution in [1.29, 1.82) is 0 Å². The number of hydrogen-bond donors (Lipinski definition) is 2. The van der Waals surface area contributed by atoms with Gasteiger partial charge >= 0.3 is 0 Å². The SMILES string of the molecule is CONC(=O)[C@@H]1CCCN1CC(C(C)C)N(C)C(=O)C(NC=O)C(C)(C)C. The first-order valence-electron chi connectivity index (χ1n) is 9.57. The third kappa shape index (κ3) is 6.17. The summed E-state index contributed by atoms with van der Waals surface area (Å²) in [6, 6.07) is -0.930. The molecule has 8 nitrogen and oxygen atoms in total. The number of hydroxylamine groups is 1. The van der Waals surface area contributed by atoms with Crippen molar-refractivity contribution < 1.29 is 19.2 Å². The second kappa shape index (κ2) is 10.0. The van der Waals surface area contributed by atoms with E-state index in [1.54, 1.807) is 11.9 Å². The van der Waals surface area contributed by atoms with E-state index in [9.17, 15) is 14.4 Å². The van der Waals surface area contributed by atoms with Crippen molar-refractivity contribution in [1.82, 2.24) is 20.6 Å². The summed E-state index contributed by atoms with van der Waals surface area (Å²) in [7, 11) is 3.20. The Morgan fingerprint density at radius 1 is 1.33 bits per heavy atom. The highest BCUT2D eigenvalue weighted by Gasteiger charge is 2.38. The number of likely N-dealkylation sites (N-methyl/N-ethyl adjacent to an activating group) is 1. The van der Waals surface area contributed by atoms with E-state index in [1.165, 1.54) is 7.11 Å². The molecule has 156 valence electrons. The van der Waals surface area contributed by atoms with Crippen LogP contribution in [-0.4, -0.2) is 73.4 Å². The van der Waals surface area contributed by atoms with Gasteiger partial charge in [0.2, 0.25) is 12.3 Å². The average Bonchev–Trinajstić information content (AvgIpc) is 3.03. The highest BCUT2D eigenvalue weighted by atomic mass is 16.6. The minimum atomic E-state index is -0.604. The Morgan fingerprint density at radius 2 is 1.96 bits per heavy atom. The maximum absolute atomic E-state index is 13.1. The summed E-state index contributed by atoms with van der Waals surface area (Å²) in [4.78, 5) is 44.9. The number of carbonyl (C=O) groups excluding carboxylic acids is 3. The van der Waals surface area contributed by atoms with Gasteiger partial charge in [-0.3, -0.25) is 24.1 Å².